The van der Waals surface area contributed by atoms with E-state index >= 15 is 0 Å². The molecule has 1 fully saturated rings. The molecule has 1 rings (SSSR count). The first-order valence-corrected chi connectivity index (χ1v) is 4.48. The van der Waals surface area contributed by atoms with Gasteiger partial charge in [0, 0.05) is 0 Å². The maximum atomic E-state index is 9.91. The lowest BCUT2D eigenvalue weighted by Crippen LogP contribution is -2.07. The van der Waals surface area contributed by atoms with Crippen LogP contribution >= 0.6 is 0 Å². The fraction of sp³-hybridized carbons (Fsp3) is 0.889. The van der Waals surface area contributed by atoms with Gasteiger partial charge in [0.25, 0.3) is 6.47 Å². The molecule has 2 nitrogen and oxygen atoms in total. The number of hydrogen-bond acceptors (Lipinski definition) is 2. The van der Waals surface area contributed by atoms with Gasteiger partial charge in [-0.1, -0.05) is 25.7 Å². The van der Waals surface area contributed by atoms with Gasteiger partial charge in [-0.25, -0.2) is 0 Å². The van der Waals surface area contributed by atoms with Crippen LogP contribution in [0.4, 0.5) is 0 Å². The monoisotopic (exact) mass is 156 g/mol. The average Bonchev–Trinajstić information content (AvgIpc) is 2.28. The predicted molar refractivity (Wildman–Crippen MR) is 43.2 cm³/mol. The van der Waals surface area contributed by atoms with Crippen LogP contribution < -0.4 is 0 Å². The Hall–Kier alpha value is -0.530. The minimum Gasteiger partial charge on any atom is -0.468 e. The second kappa shape index (κ2) is 5.16. The molecule has 0 aromatic heterocycles. The van der Waals surface area contributed by atoms with Crippen LogP contribution in [0.25, 0.3) is 0 Å². The summed E-state index contributed by atoms with van der Waals surface area (Å²) < 4.78 is 4.75. The Balaban J connectivity index is 2.14. The molecule has 0 saturated heterocycles. The zero-order valence-electron chi connectivity index (χ0n) is 6.92. The van der Waals surface area contributed by atoms with E-state index in [4.69, 9.17) is 4.74 Å². The Morgan fingerprint density at radius 2 is 1.82 bits per heavy atom. The highest BCUT2D eigenvalue weighted by molar-refractivity contribution is 5.36. The number of rotatable bonds is 3. The zero-order valence-corrected chi connectivity index (χ0v) is 6.92. The van der Waals surface area contributed by atoms with Crippen molar-refractivity contribution >= 4 is 6.47 Å². The molecular weight excluding hydrogens is 140 g/mol. The summed E-state index contributed by atoms with van der Waals surface area (Å²) in [5, 5.41) is 0. The summed E-state index contributed by atoms with van der Waals surface area (Å²) in [6.07, 6.45) is 7.83. The van der Waals surface area contributed by atoms with Crippen LogP contribution in [0.2, 0.25) is 0 Å². The van der Waals surface area contributed by atoms with E-state index in [9.17, 15) is 4.79 Å². The van der Waals surface area contributed by atoms with Crippen LogP contribution in [0.1, 0.15) is 38.5 Å². The summed E-state index contributed by atoms with van der Waals surface area (Å²) in [7, 11) is 0. The van der Waals surface area contributed by atoms with Gasteiger partial charge in [0.15, 0.2) is 0 Å². The second-order valence-electron chi connectivity index (χ2n) is 3.29. The third-order valence-electron chi connectivity index (χ3n) is 2.37. The molecule has 0 amide bonds. The van der Waals surface area contributed by atoms with E-state index in [2.05, 4.69) is 0 Å². The standard InChI is InChI=1S/C9H16O2/c10-8-11-7-9-5-3-1-2-4-6-9/h8-9H,1-7H2. The molecule has 0 aromatic carbocycles. The molecule has 11 heavy (non-hydrogen) atoms. The van der Waals surface area contributed by atoms with E-state index in [0.717, 1.165) is 0 Å². The molecule has 0 bridgehead atoms. The van der Waals surface area contributed by atoms with Crippen molar-refractivity contribution in [3.63, 3.8) is 0 Å². The minimum atomic E-state index is 0.560. The topological polar surface area (TPSA) is 26.3 Å². The van der Waals surface area contributed by atoms with Crippen LogP contribution in [0.3, 0.4) is 0 Å². The lowest BCUT2D eigenvalue weighted by molar-refractivity contribution is -0.130. The normalized spacial score (nSPS) is 20.7. The zero-order chi connectivity index (χ0) is 7.94. The quantitative estimate of drug-likeness (QED) is 0.462. The van der Waals surface area contributed by atoms with E-state index in [1.165, 1.54) is 38.5 Å². The Kier molecular flexibility index (Phi) is 4.02. The Labute approximate surface area is 67.9 Å². The summed E-state index contributed by atoms with van der Waals surface area (Å²) in [6.45, 7) is 1.20. The minimum absolute atomic E-state index is 0.560. The van der Waals surface area contributed by atoms with Gasteiger partial charge >= 0.3 is 0 Å². The van der Waals surface area contributed by atoms with E-state index < -0.39 is 0 Å². The number of carbonyl (C=O) groups is 1. The Morgan fingerprint density at radius 3 is 2.36 bits per heavy atom. The van der Waals surface area contributed by atoms with E-state index in [0.29, 0.717) is 19.0 Å². The maximum Gasteiger partial charge on any atom is 0.293 e. The fourth-order valence-corrected chi connectivity index (χ4v) is 1.71. The Morgan fingerprint density at radius 1 is 1.18 bits per heavy atom. The SMILES string of the molecule is O=COCC1CCCCCC1. The van der Waals surface area contributed by atoms with Crippen molar-refractivity contribution in [1.29, 1.82) is 0 Å². The van der Waals surface area contributed by atoms with Gasteiger partial charge in [-0.3, -0.25) is 4.79 Å². The third kappa shape index (κ3) is 3.40. The molecule has 1 aliphatic carbocycles. The van der Waals surface area contributed by atoms with Crippen LogP contribution in [-0.2, 0) is 9.53 Å². The second-order valence-corrected chi connectivity index (χ2v) is 3.29. The lowest BCUT2D eigenvalue weighted by Gasteiger charge is -2.10. The van der Waals surface area contributed by atoms with Crippen molar-refractivity contribution in [1.82, 2.24) is 0 Å². The van der Waals surface area contributed by atoms with Gasteiger partial charge in [0.05, 0.1) is 6.61 Å². The molecule has 2 heteroatoms. The van der Waals surface area contributed by atoms with Crippen LogP contribution in [0, 0.1) is 5.92 Å². The molecule has 0 aromatic rings. The summed E-state index contributed by atoms with van der Waals surface area (Å²) in [5.74, 6) is 0.641. The molecule has 0 atom stereocenters. The van der Waals surface area contributed by atoms with Gasteiger partial charge in [-0.15, -0.1) is 0 Å². The Bertz CT molecular complexity index is 104. The molecule has 0 unspecified atom stereocenters. The van der Waals surface area contributed by atoms with E-state index in [1.54, 1.807) is 0 Å². The van der Waals surface area contributed by atoms with Crippen molar-refractivity contribution < 1.29 is 9.53 Å². The highest BCUT2D eigenvalue weighted by Gasteiger charge is 2.11. The van der Waals surface area contributed by atoms with Crippen molar-refractivity contribution in [2.75, 3.05) is 6.61 Å². The first-order valence-electron chi connectivity index (χ1n) is 4.48. The first kappa shape index (κ1) is 8.57. The number of ether oxygens (including phenoxy) is 1. The predicted octanol–water partition coefficient (Wildman–Crippen LogP) is 2.13. The highest BCUT2D eigenvalue weighted by Crippen LogP contribution is 2.22. The smallest absolute Gasteiger partial charge is 0.293 e. The summed E-state index contributed by atoms with van der Waals surface area (Å²) in [6, 6.07) is 0. The van der Waals surface area contributed by atoms with Gasteiger partial charge in [0.1, 0.15) is 0 Å². The fourth-order valence-electron chi connectivity index (χ4n) is 1.71. The molecular formula is C9H16O2. The molecule has 0 spiro atoms. The molecule has 0 aliphatic heterocycles. The molecule has 0 radical (unpaired) electrons. The summed E-state index contributed by atoms with van der Waals surface area (Å²) in [4.78, 5) is 9.91. The maximum absolute atomic E-state index is 9.91. The van der Waals surface area contributed by atoms with Gasteiger partial charge in [-0.05, 0) is 18.8 Å². The van der Waals surface area contributed by atoms with Crippen molar-refractivity contribution in [3.05, 3.63) is 0 Å². The highest BCUT2D eigenvalue weighted by atomic mass is 16.5. The van der Waals surface area contributed by atoms with Crippen molar-refractivity contribution in [3.8, 4) is 0 Å². The largest absolute Gasteiger partial charge is 0.468 e. The molecule has 0 N–H and O–H groups in total. The first-order chi connectivity index (χ1) is 5.43. The molecule has 1 saturated carbocycles. The average molecular weight is 156 g/mol. The number of carbonyl (C=O) groups excluding carboxylic acids is 1. The van der Waals surface area contributed by atoms with Gasteiger partial charge in [-0.2, -0.15) is 0 Å². The third-order valence-corrected chi connectivity index (χ3v) is 2.37. The van der Waals surface area contributed by atoms with Crippen LogP contribution in [0.15, 0.2) is 0 Å². The van der Waals surface area contributed by atoms with Crippen LogP contribution in [0.5, 0.6) is 0 Å². The van der Waals surface area contributed by atoms with E-state index in [-0.39, 0.29) is 0 Å². The lowest BCUT2D eigenvalue weighted by atomic mass is 10.0. The molecule has 64 valence electrons. The number of hydrogen-bond donors (Lipinski definition) is 0. The van der Waals surface area contributed by atoms with Gasteiger partial charge < -0.3 is 4.74 Å². The van der Waals surface area contributed by atoms with Crippen molar-refractivity contribution in [2.24, 2.45) is 5.92 Å². The van der Waals surface area contributed by atoms with Crippen LogP contribution in [-0.4, -0.2) is 13.1 Å². The summed E-state index contributed by atoms with van der Waals surface area (Å²) in [5.41, 5.74) is 0. The summed E-state index contributed by atoms with van der Waals surface area (Å²) >= 11 is 0. The van der Waals surface area contributed by atoms with Crippen molar-refractivity contribution in [2.45, 2.75) is 38.5 Å². The molecule has 1 aliphatic rings. The van der Waals surface area contributed by atoms with E-state index in [1.807, 2.05) is 0 Å². The van der Waals surface area contributed by atoms with Gasteiger partial charge in [0.2, 0.25) is 0 Å². The molecule has 0 heterocycles.